The lowest BCUT2D eigenvalue weighted by Crippen LogP contribution is -2.12. The summed E-state index contributed by atoms with van der Waals surface area (Å²) in [7, 11) is 2.29. The van der Waals surface area contributed by atoms with E-state index in [-0.39, 0.29) is 0 Å². The number of unbranched alkanes of at least 4 members (excludes halogenated alkanes) is 2. The standard InChI is InChI=1S/C12H26O4Si/c1-3-4-5-12-17-16-11-10-15-9-8-14-7-6-13-2/h3-12H2,1-2H3. The van der Waals surface area contributed by atoms with Crippen molar-refractivity contribution in [3.05, 3.63) is 0 Å². The second-order valence-corrected chi connectivity index (χ2v) is 4.74. The van der Waals surface area contributed by atoms with Gasteiger partial charge < -0.3 is 18.6 Å². The summed E-state index contributed by atoms with van der Waals surface area (Å²) >= 11 is 0. The molecule has 2 radical (unpaired) electrons. The Bertz CT molecular complexity index is 122. The number of methoxy groups -OCH3 is 1. The summed E-state index contributed by atoms with van der Waals surface area (Å²) in [4.78, 5) is 0. The fourth-order valence-corrected chi connectivity index (χ4v) is 1.92. The molecule has 0 aliphatic carbocycles. The minimum absolute atomic E-state index is 0.626. The van der Waals surface area contributed by atoms with Gasteiger partial charge in [-0.15, -0.1) is 0 Å². The van der Waals surface area contributed by atoms with Crippen LogP contribution in [-0.2, 0) is 18.6 Å². The molecule has 0 amide bonds. The lowest BCUT2D eigenvalue weighted by molar-refractivity contribution is 0.0181. The van der Waals surface area contributed by atoms with E-state index >= 15 is 0 Å². The Morgan fingerprint density at radius 2 is 1.47 bits per heavy atom. The largest absolute Gasteiger partial charge is 0.415 e. The highest BCUT2D eigenvalue weighted by Crippen LogP contribution is 1.98. The Labute approximate surface area is 108 Å². The van der Waals surface area contributed by atoms with Gasteiger partial charge in [-0.2, -0.15) is 0 Å². The third-order valence-corrected chi connectivity index (χ3v) is 3.08. The van der Waals surface area contributed by atoms with Gasteiger partial charge >= 0.3 is 0 Å². The smallest absolute Gasteiger partial charge is 0.229 e. The van der Waals surface area contributed by atoms with Crippen LogP contribution in [0.4, 0.5) is 0 Å². The van der Waals surface area contributed by atoms with Crippen LogP contribution < -0.4 is 0 Å². The second-order valence-electron chi connectivity index (χ2n) is 3.67. The Morgan fingerprint density at radius 1 is 0.824 bits per heavy atom. The van der Waals surface area contributed by atoms with E-state index in [0.29, 0.717) is 49.4 Å². The predicted octanol–water partition coefficient (Wildman–Crippen LogP) is 1.91. The fraction of sp³-hybridized carbons (Fsp3) is 1.00. The van der Waals surface area contributed by atoms with Gasteiger partial charge in [0.25, 0.3) is 0 Å². The summed E-state index contributed by atoms with van der Waals surface area (Å²) in [5.41, 5.74) is 0. The normalized spacial score (nSPS) is 10.9. The van der Waals surface area contributed by atoms with E-state index in [4.69, 9.17) is 18.6 Å². The third kappa shape index (κ3) is 16.1. The summed E-state index contributed by atoms with van der Waals surface area (Å²) in [6.07, 6.45) is 3.87. The molecule has 0 aliphatic heterocycles. The molecular weight excluding hydrogens is 236 g/mol. The summed E-state index contributed by atoms with van der Waals surface area (Å²) in [5, 5.41) is 0. The third-order valence-electron chi connectivity index (χ3n) is 2.12. The highest BCUT2D eigenvalue weighted by Gasteiger charge is 1.93. The lowest BCUT2D eigenvalue weighted by atomic mass is 10.3. The first-order valence-electron chi connectivity index (χ1n) is 6.41. The van der Waals surface area contributed by atoms with Gasteiger partial charge in [-0.3, -0.25) is 0 Å². The monoisotopic (exact) mass is 262 g/mol. The van der Waals surface area contributed by atoms with Crippen LogP contribution in [0.3, 0.4) is 0 Å². The molecule has 0 unspecified atom stereocenters. The van der Waals surface area contributed by atoms with Gasteiger partial charge in [-0.1, -0.05) is 26.2 Å². The van der Waals surface area contributed by atoms with Crippen molar-refractivity contribution in [2.24, 2.45) is 0 Å². The molecule has 0 N–H and O–H groups in total. The van der Waals surface area contributed by atoms with E-state index < -0.39 is 0 Å². The number of rotatable bonds is 14. The first kappa shape index (κ1) is 17.1. The molecule has 0 aliphatic rings. The summed E-state index contributed by atoms with van der Waals surface area (Å²) in [6.45, 7) is 6.11. The van der Waals surface area contributed by atoms with Crippen molar-refractivity contribution in [1.29, 1.82) is 0 Å². The second kappa shape index (κ2) is 16.1. The van der Waals surface area contributed by atoms with Gasteiger partial charge in [0.1, 0.15) is 0 Å². The molecule has 0 aromatic rings. The molecule has 0 bridgehead atoms. The maximum absolute atomic E-state index is 5.47. The molecule has 0 saturated heterocycles. The Hall–Kier alpha value is 0.0569. The van der Waals surface area contributed by atoms with Crippen LogP contribution in [0, 0.1) is 0 Å². The molecule has 0 spiro atoms. The Kier molecular flexibility index (Phi) is 16.1. The molecule has 0 fully saturated rings. The van der Waals surface area contributed by atoms with Gasteiger partial charge in [0, 0.05) is 7.11 Å². The number of ether oxygens (including phenoxy) is 3. The van der Waals surface area contributed by atoms with Gasteiger partial charge in [-0.25, -0.2) is 0 Å². The molecule has 0 heterocycles. The SMILES string of the molecule is CCCCC[Si]OCCOCCOCCOC. The molecule has 5 heteroatoms. The van der Waals surface area contributed by atoms with Crippen molar-refractivity contribution in [3.8, 4) is 0 Å². The number of hydrogen-bond donors (Lipinski definition) is 0. The Morgan fingerprint density at radius 3 is 2.12 bits per heavy atom. The van der Waals surface area contributed by atoms with E-state index in [9.17, 15) is 0 Å². The zero-order valence-electron chi connectivity index (χ0n) is 11.2. The number of hydrogen-bond acceptors (Lipinski definition) is 4. The van der Waals surface area contributed by atoms with E-state index in [1.54, 1.807) is 7.11 Å². The zero-order chi connectivity index (χ0) is 12.6. The van der Waals surface area contributed by atoms with Crippen LogP contribution >= 0.6 is 0 Å². The van der Waals surface area contributed by atoms with Crippen molar-refractivity contribution in [2.45, 2.75) is 32.2 Å². The van der Waals surface area contributed by atoms with Crippen molar-refractivity contribution in [3.63, 3.8) is 0 Å². The van der Waals surface area contributed by atoms with E-state index in [2.05, 4.69) is 6.92 Å². The zero-order valence-corrected chi connectivity index (χ0v) is 12.2. The first-order valence-corrected chi connectivity index (χ1v) is 7.52. The Balaban J connectivity index is 2.85. The topological polar surface area (TPSA) is 36.9 Å². The van der Waals surface area contributed by atoms with Crippen molar-refractivity contribution < 1.29 is 18.6 Å². The quantitative estimate of drug-likeness (QED) is 0.354. The summed E-state index contributed by atoms with van der Waals surface area (Å²) in [5.74, 6) is 0. The first-order chi connectivity index (χ1) is 8.41. The van der Waals surface area contributed by atoms with Crippen LogP contribution in [0.25, 0.3) is 0 Å². The fourth-order valence-electron chi connectivity index (χ4n) is 1.16. The van der Waals surface area contributed by atoms with E-state index in [1.807, 2.05) is 0 Å². The van der Waals surface area contributed by atoms with Crippen LogP contribution in [0.1, 0.15) is 26.2 Å². The van der Waals surface area contributed by atoms with Crippen LogP contribution in [0.5, 0.6) is 0 Å². The maximum Gasteiger partial charge on any atom is 0.229 e. The van der Waals surface area contributed by atoms with E-state index in [1.165, 1.54) is 25.3 Å². The minimum atomic E-state index is 0.626. The highest BCUT2D eigenvalue weighted by molar-refractivity contribution is 6.26. The van der Waals surface area contributed by atoms with Gasteiger partial charge in [0.2, 0.25) is 9.76 Å². The van der Waals surface area contributed by atoms with Crippen LogP contribution in [-0.4, -0.2) is 56.5 Å². The molecule has 0 atom stereocenters. The molecule has 102 valence electrons. The van der Waals surface area contributed by atoms with Crippen LogP contribution in [0.2, 0.25) is 6.04 Å². The molecule has 4 nitrogen and oxygen atoms in total. The minimum Gasteiger partial charge on any atom is -0.415 e. The van der Waals surface area contributed by atoms with Crippen molar-refractivity contribution in [1.82, 2.24) is 0 Å². The molecule has 0 rings (SSSR count). The predicted molar refractivity (Wildman–Crippen MR) is 69.6 cm³/mol. The molecular formula is C12H26O4Si. The van der Waals surface area contributed by atoms with E-state index in [0.717, 1.165) is 0 Å². The average Bonchev–Trinajstić information content (AvgIpc) is 2.35. The summed E-state index contributed by atoms with van der Waals surface area (Å²) < 4.78 is 20.9. The average molecular weight is 262 g/mol. The lowest BCUT2D eigenvalue weighted by Gasteiger charge is -2.06. The molecule has 0 saturated carbocycles. The molecule has 0 aromatic heterocycles. The van der Waals surface area contributed by atoms with Crippen molar-refractivity contribution in [2.75, 3.05) is 46.8 Å². The van der Waals surface area contributed by atoms with Crippen LogP contribution in [0.15, 0.2) is 0 Å². The van der Waals surface area contributed by atoms with Gasteiger partial charge in [0.05, 0.1) is 39.6 Å². The maximum atomic E-state index is 5.47. The summed E-state index contributed by atoms with van der Waals surface area (Å²) in [6, 6.07) is 1.19. The van der Waals surface area contributed by atoms with Gasteiger partial charge in [-0.05, 0) is 6.04 Å². The van der Waals surface area contributed by atoms with Crippen molar-refractivity contribution >= 4 is 9.76 Å². The highest BCUT2D eigenvalue weighted by atomic mass is 28.2. The molecule has 17 heavy (non-hydrogen) atoms. The van der Waals surface area contributed by atoms with Gasteiger partial charge in [0.15, 0.2) is 0 Å². The molecule has 0 aromatic carbocycles.